The van der Waals surface area contributed by atoms with Crippen LogP contribution in [0.15, 0.2) is 85.1 Å². The summed E-state index contributed by atoms with van der Waals surface area (Å²) < 4.78 is 1.79. The minimum atomic E-state index is -0.378. The molecule has 8 heteroatoms. The lowest BCUT2D eigenvalue weighted by molar-refractivity contribution is -0.111. The Morgan fingerprint density at radius 2 is 1.52 bits per heavy atom. The van der Waals surface area contributed by atoms with Crippen molar-refractivity contribution in [1.82, 2.24) is 9.38 Å². The molecule has 0 aliphatic heterocycles. The van der Waals surface area contributed by atoms with E-state index in [1.807, 2.05) is 42.6 Å². The van der Waals surface area contributed by atoms with Gasteiger partial charge in [0.2, 0.25) is 5.91 Å². The van der Waals surface area contributed by atoms with Crippen molar-refractivity contribution in [1.29, 1.82) is 0 Å². The smallest absolute Gasteiger partial charge is 0.322 e. The van der Waals surface area contributed by atoms with Crippen LogP contribution in [0.1, 0.15) is 5.69 Å². The zero-order chi connectivity index (χ0) is 21.6. The molecular weight excluding hydrogens is 414 g/mol. The molecule has 4 aromatic rings. The van der Waals surface area contributed by atoms with E-state index in [1.165, 1.54) is 6.08 Å². The number of pyridine rings is 1. The zero-order valence-electron chi connectivity index (χ0n) is 16.2. The first-order chi connectivity index (χ1) is 15.1. The van der Waals surface area contributed by atoms with Gasteiger partial charge in [-0.1, -0.05) is 41.9 Å². The van der Waals surface area contributed by atoms with Crippen molar-refractivity contribution in [2.75, 3.05) is 16.0 Å². The second-order valence-corrected chi connectivity index (χ2v) is 6.92. The van der Waals surface area contributed by atoms with Gasteiger partial charge in [0.25, 0.3) is 0 Å². The number of halogens is 1. The summed E-state index contributed by atoms with van der Waals surface area (Å²) in [5, 5.41) is 8.55. The summed E-state index contributed by atoms with van der Waals surface area (Å²) in [7, 11) is 0. The van der Waals surface area contributed by atoms with E-state index >= 15 is 0 Å². The van der Waals surface area contributed by atoms with Crippen LogP contribution in [-0.4, -0.2) is 21.3 Å². The first-order valence-electron chi connectivity index (χ1n) is 9.43. The van der Waals surface area contributed by atoms with Crippen molar-refractivity contribution < 1.29 is 9.59 Å². The molecule has 154 valence electrons. The molecule has 0 aliphatic carbocycles. The topological polar surface area (TPSA) is 87.5 Å². The number of nitrogens with one attached hydrogen (secondary N) is 3. The molecule has 4 rings (SSSR count). The summed E-state index contributed by atoms with van der Waals surface area (Å²) in [6.45, 7) is 0. The van der Waals surface area contributed by atoms with Crippen LogP contribution in [0.2, 0.25) is 5.15 Å². The Morgan fingerprint density at radius 3 is 2.32 bits per heavy atom. The van der Waals surface area contributed by atoms with Gasteiger partial charge in [-0.25, -0.2) is 9.78 Å². The van der Waals surface area contributed by atoms with E-state index in [2.05, 4.69) is 20.9 Å². The predicted octanol–water partition coefficient (Wildman–Crippen LogP) is 5.28. The number of benzene rings is 2. The minimum Gasteiger partial charge on any atom is -0.322 e. The average molecular weight is 432 g/mol. The molecule has 2 aromatic heterocycles. The van der Waals surface area contributed by atoms with Crippen LogP contribution in [0, 0.1) is 0 Å². The molecule has 31 heavy (non-hydrogen) atoms. The maximum Gasteiger partial charge on any atom is 0.323 e. The lowest BCUT2D eigenvalue weighted by Gasteiger charge is -2.09. The molecule has 7 nitrogen and oxygen atoms in total. The standard InChI is InChI=1S/C23H18ClN5O2/c24-22-19(29-14-5-4-11-20(29)28-22)12-13-21(30)25-17-9-6-10-18(15-17)27-23(31)26-16-7-2-1-3-8-16/h1-15H,(H,25,30)(H2,26,27,31)/b13-12+. The Morgan fingerprint density at radius 1 is 0.839 bits per heavy atom. The fourth-order valence-corrected chi connectivity index (χ4v) is 3.20. The number of para-hydroxylation sites is 1. The van der Waals surface area contributed by atoms with Gasteiger partial charge in [0, 0.05) is 29.3 Å². The number of anilines is 3. The summed E-state index contributed by atoms with van der Waals surface area (Å²) in [4.78, 5) is 28.7. The third-order valence-electron chi connectivity index (χ3n) is 4.33. The van der Waals surface area contributed by atoms with Crippen molar-refractivity contribution in [2.45, 2.75) is 0 Å². The minimum absolute atomic E-state index is 0.311. The van der Waals surface area contributed by atoms with Crippen LogP contribution in [0.5, 0.6) is 0 Å². The first-order valence-corrected chi connectivity index (χ1v) is 9.81. The van der Waals surface area contributed by atoms with Crippen molar-refractivity contribution in [3.8, 4) is 0 Å². The van der Waals surface area contributed by atoms with Gasteiger partial charge in [-0.3, -0.25) is 9.20 Å². The molecule has 3 N–H and O–H groups in total. The van der Waals surface area contributed by atoms with Gasteiger partial charge in [-0.15, -0.1) is 0 Å². The Kier molecular flexibility index (Phi) is 5.96. The van der Waals surface area contributed by atoms with Crippen LogP contribution in [-0.2, 0) is 4.79 Å². The maximum atomic E-state index is 12.4. The van der Waals surface area contributed by atoms with Crippen LogP contribution in [0.4, 0.5) is 21.9 Å². The Hall–Kier alpha value is -4.10. The molecule has 0 saturated carbocycles. The van der Waals surface area contributed by atoms with E-state index < -0.39 is 0 Å². The summed E-state index contributed by atoms with van der Waals surface area (Å²) in [5.74, 6) is -0.340. The van der Waals surface area contributed by atoms with E-state index in [-0.39, 0.29) is 11.9 Å². The first kappa shape index (κ1) is 20.2. The molecule has 2 aromatic carbocycles. The van der Waals surface area contributed by atoms with E-state index in [0.717, 1.165) is 0 Å². The summed E-state index contributed by atoms with van der Waals surface area (Å²) in [6, 6.07) is 21.1. The van der Waals surface area contributed by atoms with Gasteiger partial charge < -0.3 is 16.0 Å². The third kappa shape index (κ3) is 5.09. The number of fused-ring (bicyclic) bond motifs is 1. The van der Waals surface area contributed by atoms with E-state index in [9.17, 15) is 9.59 Å². The monoisotopic (exact) mass is 431 g/mol. The molecule has 0 atom stereocenters. The van der Waals surface area contributed by atoms with Gasteiger partial charge >= 0.3 is 6.03 Å². The number of nitrogens with zero attached hydrogens (tertiary/aromatic N) is 2. The SMILES string of the molecule is O=C(/C=C/c1c(Cl)nc2ccccn12)Nc1cccc(NC(=O)Nc2ccccc2)c1. The maximum absolute atomic E-state index is 12.4. The second-order valence-electron chi connectivity index (χ2n) is 6.57. The molecule has 0 fully saturated rings. The number of hydrogen-bond acceptors (Lipinski definition) is 3. The number of amides is 3. The second kappa shape index (κ2) is 9.15. The number of carbonyl (C=O) groups is 2. The largest absolute Gasteiger partial charge is 0.323 e. The Labute approximate surface area is 183 Å². The Balaban J connectivity index is 1.40. The number of carbonyl (C=O) groups excluding carboxylic acids is 2. The van der Waals surface area contributed by atoms with Crippen molar-refractivity contribution >= 4 is 52.3 Å². The van der Waals surface area contributed by atoms with Crippen LogP contribution in [0.3, 0.4) is 0 Å². The predicted molar refractivity (Wildman–Crippen MR) is 123 cm³/mol. The molecule has 0 unspecified atom stereocenters. The van der Waals surface area contributed by atoms with Gasteiger partial charge in [0.1, 0.15) is 5.65 Å². The number of imidazole rings is 1. The lowest BCUT2D eigenvalue weighted by atomic mass is 10.2. The highest BCUT2D eigenvalue weighted by molar-refractivity contribution is 6.31. The normalized spacial score (nSPS) is 10.9. The number of hydrogen-bond donors (Lipinski definition) is 3. The quantitative estimate of drug-likeness (QED) is 0.375. The fourth-order valence-electron chi connectivity index (χ4n) is 2.96. The number of aromatic nitrogens is 2. The lowest BCUT2D eigenvalue weighted by Crippen LogP contribution is -2.19. The van der Waals surface area contributed by atoms with E-state index in [4.69, 9.17) is 11.6 Å². The van der Waals surface area contributed by atoms with Crippen molar-refractivity contribution in [2.24, 2.45) is 0 Å². The zero-order valence-corrected chi connectivity index (χ0v) is 17.0. The van der Waals surface area contributed by atoms with Gasteiger partial charge in [-0.2, -0.15) is 0 Å². The summed E-state index contributed by atoms with van der Waals surface area (Å²) in [6.07, 6.45) is 4.80. The van der Waals surface area contributed by atoms with Crippen LogP contribution < -0.4 is 16.0 Å². The van der Waals surface area contributed by atoms with Gasteiger partial charge in [-0.05, 0) is 48.5 Å². The van der Waals surface area contributed by atoms with Crippen LogP contribution >= 0.6 is 11.6 Å². The molecule has 2 heterocycles. The number of rotatable bonds is 5. The van der Waals surface area contributed by atoms with E-state index in [0.29, 0.717) is 33.6 Å². The molecular formula is C23H18ClN5O2. The highest BCUT2D eigenvalue weighted by Crippen LogP contribution is 2.19. The summed E-state index contributed by atoms with van der Waals surface area (Å²) >= 11 is 6.18. The van der Waals surface area contributed by atoms with Crippen molar-refractivity contribution in [3.63, 3.8) is 0 Å². The summed E-state index contributed by atoms with van der Waals surface area (Å²) in [5.41, 5.74) is 3.07. The van der Waals surface area contributed by atoms with Gasteiger partial charge in [0.15, 0.2) is 5.15 Å². The average Bonchev–Trinajstić information content (AvgIpc) is 3.08. The fraction of sp³-hybridized carbons (Fsp3) is 0. The van der Waals surface area contributed by atoms with Crippen LogP contribution in [0.25, 0.3) is 11.7 Å². The molecule has 0 saturated heterocycles. The molecule has 0 aliphatic rings. The van der Waals surface area contributed by atoms with Crippen molar-refractivity contribution in [3.05, 3.63) is 95.9 Å². The molecule has 0 spiro atoms. The molecule has 0 bridgehead atoms. The molecule has 3 amide bonds. The highest BCUT2D eigenvalue weighted by atomic mass is 35.5. The van der Waals surface area contributed by atoms with E-state index in [1.54, 1.807) is 46.9 Å². The number of urea groups is 1. The molecule has 0 radical (unpaired) electrons. The highest BCUT2D eigenvalue weighted by Gasteiger charge is 2.08. The third-order valence-corrected chi connectivity index (χ3v) is 4.61. The Bertz CT molecular complexity index is 1270. The van der Waals surface area contributed by atoms with Gasteiger partial charge in [0.05, 0.1) is 5.69 Å².